The fourth-order valence-electron chi connectivity index (χ4n) is 2.91. The van der Waals surface area contributed by atoms with Crippen LogP contribution in [-0.4, -0.2) is 25.6 Å². The van der Waals surface area contributed by atoms with Gasteiger partial charge in [-0.2, -0.15) is 0 Å². The second-order valence-electron chi connectivity index (χ2n) is 5.80. The summed E-state index contributed by atoms with van der Waals surface area (Å²) in [4.78, 5) is 19.7. The molecule has 0 amide bonds. The number of rotatable bonds is 4. The number of aromatic nitrogens is 3. The summed E-state index contributed by atoms with van der Waals surface area (Å²) in [6.07, 6.45) is 0.266. The Hall–Kier alpha value is -2.80. The first-order valence-corrected chi connectivity index (χ1v) is 8.13. The lowest BCUT2D eigenvalue weighted by Crippen LogP contribution is -2.13. The van der Waals surface area contributed by atoms with Gasteiger partial charge in [0.25, 0.3) is 0 Å². The first-order chi connectivity index (χ1) is 11.8. The highest BCUT2D eigenvalue weighted by molar-refractivity contribution is 6.32. The number of halogens is 1. The lowest BCUT2D eigenvalue weighted by molar-refractivity contribution is 0.0691. The zero-order valence-electron chi connectivity index (χ0n) is 13.9. The predicted molar refractivity (Wildman–Crippen MR) is 98.0 cm³/mol. The number of imidazole rings is 1. The molecular weight excluding hydrogens is 342 g/mol. The molecule has 1 aromatic carbocycles. The Kier molecular flexibility index (Phi) is 4.26. The number of nitrogens with two attached hydrogens (primary N) is 2. The second kappa shape index (κ2) is 6.25. The van der Waals surface area contributed by atoms with Crippen molar-refractivity contribution in [2.24, 2.45) is 0 Å². The number of benzene rings is 1. The molecule has 0 saturated heterocycles. The maximum absolute atomic E-state index is 11.3. The van der Waals surface area contributed by atoms with Gasteiger partial charge in [0.2, 0.25) is 0 Å². The first kappa shape index (κ1) is 17.0. The van der Waals surface area contributed by atoms with Crippen molar-refractivity contribution in [3.63, 3.8) is 0 Å². The van der Waals surface area contributed by atoms with Gasteiger partial charge in [0, 0.05) is 18.5 Å². The van der Waals surface area contributed by atoms with E-state index in [0.717, 1.165) is 22.4 Å². The van der Waals surface area contributed by atoms with Crippen LogP contribution >= 0.6 is 11.6 Å². The first-order valence-electron chi connectivity index (χ1n) is 7.75. The van der Waals surface area contributed by atoms with E-state index in [4.69, 9.17) is 23.1 Å². The molecule has 0 bridgehead atoms. The third kappa shape index (κ3) is 2.87. The van der Waals surface area contributed by atoms with E-state index >= 15 is 0 Å². The van der Waals surface area contributed by atoms with Crippen molar-refractivity contribution in [1.82, 2.24) is 14.5 Å². The zero-order valence-corrected chi connectivity index (χ0v) is 14.6. The number of nitrogens with zero attached hydrogens (tertiary/aromatic N) is 3. The Balaban J connectivity index is 2.18. The lowest BCUT2D eigenvalue weighted by Gasteiger charge is -2.13. The number of hydrogen-bond acceptors (Lipinski definition) is 5. The van der Waals surface area contributed by atoms with Crippen LogP contribution < -0.4 is 11.5 Å². The van der Waals surface area contributed by atoms with Gasteiger partial charge < -0.3 is 21.1 Å². The van der Waals surface area contributed by atoms with E-state index in [2.05, 4.69) is 20.6 Å². The Morgan fingerprint density at radius 1 is 1.28 bits per heavy atom. The molecule has 130 valence electrons. The number of carboxylic acid groups (broad SMARTS) is 1. The summed E-state index contributed by atoms with van der Waals surface area (Å²) in [5, 5.41) is 9.18. The predicted octanol–water partition coefficient (Wildman–Crippen LogP) is 2.87. The van der Waals surface area contributed by atoms with Crippen molar-refractivity contribution in [3.05, 3.63) is 46.0 Å². The molecule has 25 heavy (non-hydrogen) atoms. The molecule has 5 N–H and O–H groups in total. The Morgan fingerprint density at radius 2 is 2.00 bits per heavy atom. The monoisotopic (exact) mass is 359 g/mol. The minimum absolute atomic E-state index is 0.0142. The largest absolute Gasteiger partial charge is 0.476 e. The van der Waals surface area contributed by atoms with E-state index < -0.39 is 5.97 Å². The summed E-state index contributed by atoms with van der Waals surface area (Å²) in [6.45, 7) is 4.74. The topological polar surface area (TPSA) is 120 Å². The normalized spacial score (nSPS) is 11.2. The SMILES string of the molecule is CCn1c(Cc2c(N)c(Cl)nc(C(=O)O)c2N)nc2ccc(C)cc21. The summed E-state index contributed by atoms with van der Waals surface area (Å²) < 4.78 is 2.05. The maximum atomic E-state index is 11.3. The van der Waals surface area contributed by atoms with Gasteiger partial charge in [-0.05, 0) is 31.5 Å². The molecular formula is C17H18ClN5O2. The Bertz CT molecular complexity index is 997. The van der Waals surface area contributed by atoms with Gasteiger partial charge >= 0.3 is 5.97 Å². The molecule has 0 spiro atoms. The van der Waals surface area contributed by atoms with Crippen molar-refractivity contribution < 1.29 is 9.90 Å². The molecule has 3 rings (SSSR count). The Morgan fingerprint density at radius 3 is 2.64 bits per heavy atom. The lowest BCUT2D eigenvalue weighted by atomic mass is 10.1. The van der Waals surface area contributed by atoms with Crippen LogP contribution in [0.2, 0.25) is 5.15 Å². The van der Waals surface area contributed by atoms with Crippen LogP contribution in [0.25, 0.3) is 11.0 Å². The average molecular weight is 360 g/mol. The van der Waals surface area contributed by atoms with E-state index in [9.17, 15) is 9.90 Å². The van der Waals surface area contributed by atoms with Crippen molar-refractivity contribution in [2.45, 2.75) is 26.8 Å². The molecule has 2 heterocycles. The van der Waals surface area contributed by atoms with Crippen molar-refractivity contribution in [1.29, 1.82) is 0 Å². The van der Waals surface area contributed by atoms with Gasteiger partial charge in [-0.15, -0.1) is 0 Å². The number of nitrogen functional groups attached to an aromatic ring is 2. The van der Waals surface area contributed by atoms with Crippen LogP contribution in [0.3, 0.4) is 0 Å². The van der Waals surface area contributed by atoms with Gasteiger partial charge in [0.15, 0.2) is 10.8 Å². The highest BCUT2D eigenvalue weighted by Gasteiger charge is 2.21. The smallest absolute Gasteiger partial charge is 0.356 e. The van der Waals surface area contributed by atoms with Gasteiger partial charge in [-0.25, -0.2) is 14.8 Å². The fourth-order valence-corrected chi connectivity index (χ4v) is 3.11. The number of carboxylic acids is 1. The molecule has 0 unspecified atom stereocenters. The highest BCUT2D eigenvalue weighted by atomic mass is 35.5. The fraction of sp³-hybridized carbons (Fsp3) is 0.235. The van der Waals surface area contributed by atoms with Crippen molar-refractivity contribution in [2.75, 3.05) is 11.5 Å². The molecule has 0 atom stereocenters. The maximum Gasteiger partial charge on any atom is 0.356 e. The molecule has 0 aliphatic heterocycles. The van der Waals surface area contributed by atoms with Crippen LogP contribution in [0.5, 0.6) is 0 Å². The van der Waals surface area contributed by atoms with Crippen molar-refractivity contribution >= 4 is 40.0 Å². The number of aryl methyl sites for hydroxylation is 2. The number of aromatic carboxylic acids is 1. The standard InChI is InChI=1S/C17H18ClN5O2/c1-3-23-11-6-8(2)4-5-10(11)21-12(23)7-9-13(19)15(17(24)25)22-16(18)14(9)20/h4-6H,3,7,19-20H2,1-2H3,(H,24,25). The number of carbonyl (C=O) groups is 1. The van der Waals surface area contributed by atoms with E-state index in [1.807, 2.05) is 26.0 Å². The minimum Gasteiger partial charge on any atom is -0.476 e. The van der Waals surface area contributed by atoms with Crippen LogP contribution in [0.4, 0.5) is 11.4 Å². The highest BCUT2D eigenvalue weighted by Crippen LogP contribution is 2.31. The summed E-state index contributed by atoms with van der Waals surface area (Å²) in [5.74, 6) is -0.514. The van der Waals surface area contributed by atoms with Crippen LogP contribution in [-0.2, 0) is 13.0 Å². The molecule has 0 fully saturated rings. The van der Waals surface area contributed by atoms with E-state index in [1.165, 1.54) is 0 Å². The molecule has 0 aliphatic rings. The van der Waals surface area contributed by atoms with Crippen LogP contribution in [0.15, 0.2) is 18.2 Å². The van der Waals surface area contributed by atoms with Gasteiger partial charge in [-0.3, -0.25) is 0 Å². The number of pyridine rings is 1. The summed E-state index contributed by atoms with van der Waals surface area (Å²) >= 11 is 5.99. The quantitative estimate of drug-likeness (QED) is 0.616. The van der Waals surface area contributed by atoms with Gasteiger partial charge in [0.1, 0.15) is 5.82 Å². The Labute approximate surface area is 149 Å². The average Bonchev–Trinajstić information content (AvgIpc) is 2.90. The van der Waals surface area contributed by atoms with E-state index in [-0.39, 0.29) is 28.6 Å². The second-order valence-corrected chi connectivity index (χ2v) is 6.16. The molecule has 8 heteroatoms. The van der Waals surface area contributed by atoms with E-state index in [1.54, 1.807) is 0 Å². The zero-order chi connectivity index (χ0) is 18.3. The summed E-state index contributed by atoms with van der Waals surface area (Å²) in [5.41, 5.74) is 15.3. The van der Waals surface area contributed by atoms with Crippen LogP contribution in [0.1, 0.15) is 34.4 Å². The van der Waals surface area contributed by atoms with E-state index in [0.29, 0.717) is 12.1 Å². The third-order valence-corrected chi connectivity index (χ3v) is 4.46. The molecule has 0 aliphatic carbocycles. The van der Waals surface area contributed by atoms with Crippen molar-refractivity contribution in [3.8, 4) is 0 Å². The summed E-state index contributed by atoms with van der Waals surface area (Å²) in [6, 6.07) is 6.01. The van der Waals surface area contributed by atoms with Gasteiger partial charge in [0.05, 0.1) is 22.4 Å². The van der Waals surface area contributed by atoms with Gasteiger partial charge in [-0.1, -0.05) is 17.7 Å². The third-order valence-electron chi connectivity index (χ3n) is 4.17. The summed E-state index contributed by atoms with van der Waals surface area (Å²) in [7, 11) is 0. The number of anilines is 2. The number of fused-ring (bicyclic) bond motifs is 1. The molecule has 3 aromatic rings. The molecule has 0 saturated carbocycles. The number of hydrogen-bond donors (Lipinski definition) is 3. The molecule has 7 nitrogen and oxygen atoms in total. The molecule has 0 radical (unpaired) electrons. The van der Waals surface area contributed by atoms with Crippen LogP contribution in [0, 0.1) is 6.92 Å². The molecule has 2 aromatic heterocycles. The minimum atomic E-state index is -1.25.